The third-order valence-electron chi connectivity index (χ3n) is 4.59. The average Bonchev–Trinajstić information content (AvgIpc) is 3.26. The summed E-state index contributed by atoms with van der Waals surface area (Å²) in [5.41, 5.74) is 2.59. The Hall–Kier alpha value is -3.12. The largest absolute Gasteiger partial charge is 0.482 e. The molecule has 2 aromatic carbocycles. The van der Waals surface area contributed by atoms with E-state index in [1.54, 1.807) is 29.2 Å². The molecule has 0 atom stereocenters. The van der Waals surface area contributed by atoms with Gasteiger partial charge in [0.05, 0.1) is 10.6 Å². The predicted molar refractivity (Wildman–Crippen MR) is 111 cm³/mol. The molecule has 3 aromatic rings. The first-order valence-electron chi connectivity index (χ1n) is 9.17. The van der Waals surface area contributed by atoms with Crippen molar-refractivity contribution >= 4 is 34.5 Å². The molecule has 0 radical (unpaired) electrons. The number of hydrogen-bond acceptors (Lipinski definition) is 4. The van der Waals surface area contributed by atoms with Crippen molar-refractivity contribution in [3.8, 4) is 5.75 Å². The molecule has 5 nitrogen and oxygen atoms in total. The Bertz CT molecular complexity index is 971. The fourth-order valence-corrected chi connectivity index (χ4v) is 3.83. The minimum absolute atomic E-state index is 0.0409. The molecule has 1 N–H and O–H groups in total. The molecule has 0 saturated heterocycles. The zero-order valence-electron chi connectivity index (χ0n) is 15.3. The molecule has 1 aliphatic rings. The molecule has 0 saturated carbocycles. The maximum Gasteiger partial charge on any atom is 0.265 e. The number of aryl methyl sites for hydroxylation is 1. The lowest BCUT2D eigenvalue weighted by Crippen LogP contribution is -2.39. The van der Waals surface area contributed by atoms with Gasteiger partial charge < -0.3 is 15.0 Å². The van der Waals surface area contributed by atoms with Crippen LogP contribution in [0.2, 0.25) is 0 Å². The third-order valence-corrected chi connectivity index (χ3v) is 5.46. The number of nitrogens with zero attached hydrogens (tertiary/aromatic N) is 1. The maximum atomic E-state index is 12.4. The van der Waals surface area contributed by atoms with Crippen LogP contribution in [0.15, 0.2) is 66.0 Å². The Labute approximate surface area is 167 Å². The molecule has 0 bridgehead atoms. The second kappa shape index (κ2) is 8.27. The van der Waals surface area contributed by atoms with Crippen LogP contribution in [0, 0.1) is 0 Å². The molecule has 6 heteroatoms. The van der Waals surface area contributed by atoms with Gasteiger partial charge in [-0.3, -0.25) is 9.59 Å². The highest BCUT2D eigenvalue weighted by molar-refractivity contribution is 7.12. The second-order valence-electron chi connectivity index (χ2n) is 6.54. The van der Waals surface area contributed by atoms with Crippen LogP contribution in [-0.4, -0.2) is 25.0 Å². The van der Waals surface area contributed by atoms with Crippen molar-refractivity contribution in [1.82, 2.24) is 0 Å². The third kappa shape index (κ3) is 4.07. The van der Waals surface area contributed by atoms with E-state index in [9.17, 15) is 9.59 Å². The number of thiophene rings is 1. The van der Waals surface area contributed by atoms with Crippen LogP contribution in [0.1, 0.15) is 21.7 Å². The summed E-state index contributed by atoms with van der Waals surface area (Å²) in [7, 11) is 0. The van der Waals surface area contributed by atoms with Gasteiger partial charge in [-0.2, -0.15) is 0 Å². The summed E-state index contributed by atoms with van der Waals surface area (Å²) in [5, 5.41) is 4.75. The van der Waals surface area contributed by atoms with Crippen molar-refractivity contribution < 1.29 is 14.3 Å². The number of carbonyl (C=O) groups is 2. The standard InChI is InChI=1S/C22H20N2O3S/c25-21-15-27-19-11-10-17(23-22(26)20-9-5-13-28-20)14-18(19)24(21)12-4-8-16-6-2-1-3-7-16/h1-3,5-7,9-11,13-14H,4,8,12,15H2,(H,23,26). The van der Waals surface area contributed by atoms with E-state index < -0.39 is 0 Å². The van der Waals surface area contributed by atoms with Gasteiger partial charge in [0.1, 0.15) is 5.75 Å². The monoisotopic (exact) mass is 392 g/mol. The van der Waals surface area contributed by atoms with Crippen molar-refractivity contribution in [2.45, 2.75) is 12.8 Å². The average molecular weight is 392 g/mol. The first-order chi connectivity index (χ1) is 13.7. The number of nitrogens with one attached hydrogen (secondary N) is 1. The quantitative estimate of drug-likeness (QED) is 0.678. The van der Waals surface area contributed by atoms with Crippen molar-refractivity contribution in [3.05, 3.63) is 76.5 Å². The second-order valence-corrected chi connectivity index (χ2v) is 7.48. The van der Waals surface area contributed by atoms with Gasteiger partial charge in [0.2, 0.25) is 0 Å². The number of fused-ring (bicyclic) bond motifs is 1. The van der Waals surface area contributed by atoms with Crippen LogP contribution in [0.4, 0.5) is 11.4 Å². The molecule has 2 heterocycles. The first-order valence-corrected chi connectivity index (χ1v) is 10.0. The molecule has 0 aliphatic carbocycles. The molecule has 1 aliphatic heterocycles. The summed E-state index contributed by atoms with van der Waals surface area (Å²) in [6, 6.07) is 19.2. The maximum absolute atomic E-state index is 12.4. The van der Waals surface area contributed by atoms with E-state index in [1.807, 2.05) is 29.6 Å². The summed E-state index contributed by atoms with van der Waals surface area (Å²) in [6.45, 7) is 0.644. The summed E-state index contributed by atoms with van der Waals surface area (Å²) in [5.74, 6) is 0.435. The smallest absolute Gasteiger partial charge is 0.265 e. The highest BCUT2D eigenvalue weighted by atomic mass is 32.1. The van der Waals surface area contributed by atoms with Gasteiger partial charge in [0.15, 0.2) is 6.61 Å². The van der Waals surface area contributed by atoms with Crippen LogP contribution in [-0.2, 0) is 11.2 Å². The van der Waals surface area contributed by atoms with Gasteiger partial charge in [0, 0.05) is 12.2 Å². The number of anilines is 2. The summed E-state index contributed by atoms with van der Waals surface area (Å²) in [4.78, 5) is 27.1. The summed E-state index contributed by atoms with van der Waals surface area (Å²) < 4.78 is 5.56. The number of ether oxygens (including phenoxy) is 1. The molecule has 28 heavy (non-hydrogen) atoms. The Morgan fingerprint density at radius 3 is 2.75 bits per heavy atom. The first kappa shape index (κ1) is 18.3. The minimum Gasteiger partial charge on any atom is -0.482 e. The van der Waals surface area contributed by atoms with Gasteiger partial charge in [-0.05, 0) is 48.1 Å². The number of rotatable bonds is 6. The van der Waals surface area contributed by atoms with Crippen LogP contribution in [0.3, 0.4) is 0 Å². The van der Waals surface area contributed by atoms with Crippen molar-refractivity contribution in [2.24, 2.45) is 0 Å². The zero-order valence-corrected chi connectivity index (χ0v) is 16.1. The van der Waals surface area contributed by atoms with E-state index in [2.05, 4.69) is 17.4 Å². The van der Waals surface area contributed by atoms with Gasteiger partial charge in [-0.1, -0.05) is 36.4 Å². The van der Waals surface area contributed by atoms with Crippen LogP contribution in [0.25, 0.3) is 0 Å². The van der Waals surface area contributed by atoms with Crippen LogP contribution < -0.4 is 15.0 Å². The normalized spacial score (nSPS) is 13.0. The van der Waals surface area contributed by atoms with Gasteiger partial charge in [0.25, 0.3) is 11.8 Å². The molecule has 0 fully saturated rings. The molecule has 0 unspecified atom stereocenters. The van der Waals surface area contributed by atoms with E-state index in [0.717, 1.165) is 12.8 Å². The molecule has 2 amide bonds. The number of benzene rings is 2. The van der Waals surface area contributed by atoms with Gasteiger partial charge in [-0.25, -0.2) is 0 Å². The van der Waals surface area contributed by atoms with Crippen molar-refractivity contribution in [3.63, 3.8) is 0 Å². The van der Waals surface area contributed by atoms with E-state index in [4.69, 9.17) is 4.74 Å². The highest BCUT2D eigenvalue weighted by Crippen LogP contribution is 2.35. The summed E-state index contributed by atoms with van der Waals surface area (Å²) >= 11 is 1.39. The fraction of sp³-hybridized carbons (Fsp3) is 0.182. The number of carbonyl (C=O) groups excluding carboxylic acids is 2. The molecule has 4 rings (SSSR count). The Morgan fingerprint density at radius 2 is 1.96 bits per heavy atom. The predicted octanol–water partition coefficient (Wildman–Crippen LogP) is 4.36. The molecule has 0 spiro atoms. The minimum atomic E-state index is -0.159. The SMILES string of the molecule is O=C(Nc1ccc2c(c1)N(CCCc1ccccc1)C(=O)CO2)c1cccs1. The lowest BCUT2D eigenvalue weighted by atomic mass is 10.1. The van der Waals surface area contributed by atoms with Crippen molar-refractivity contribution in [2.75, 3.05) is 23.4 Å². The molecular formula is C22H20N2O3S. The van der Waals surface area contributed by atoms with Crippen LogP contribution in [0.5, 0.6) is 5.75 Å². The van der Waals surface area contributed by atoms with Crippen LogP contribution >= 0.6 is 11.3 Å². The Kier molecular flexibility index (Phi) is 5.39. The topological polar surface area (TPSA) is 58.6 Å². The van der Waals surface area contributed by atoms with Gasteiger partial charge in [-0.15, -0.1) is 11.3 Å². The fourth-order valence-electron chi connectivity index (χ4n) is 3.21. The Morgan fingerprint density at radius 1 is 1.11 bits per heavy atom. The van der Waals surface area contributed by atoms with E-state index in [-0.39, 0.29) is 18.4 Å². The number of hydrogen-bond donors (Lipinski definition) is 1. The van der Waals surface area contributed by atoms with Gasteiger partial charge >= 0.3 is 0 Å². The molecule has 1 aromatic heterocycles. The number of amides is 2. The van der Waals surface area contributed by atoms with E-state index in [1.165, 1.54) is 16.9 Å². The van der Waals surface area contributed by atoms with Crippen molar-refractivity contribution in [1.29, 1.82) is 0 Å². The zero-order chi connectivity index (χ0) is 19.3. The lowest BCUT2D eigenvalue weighted by Gasteiger charge is -2.30. The summed E-state index contributed by atoms with van der Waals surface area (Å²) in [6.07, 6.45) is 1.75. The highest BCUT2D eigenvalue weighted by Gasteiger charge is 2.25. The molecule has 142 valence electrons. The Balaban J connectivity index is 1.48. The van der Waals surface area contributed by atoms with E-state index >= 15 is 0 Å². The lowest BCUT2D eigenvalue weighted by molar-refractivity contribution is -0.121. The molecular weight excluding hydrogens is 372 g/mol. The van der Waals surface area contributed by atoms with E-state index in [0.29, 0.717) is 28.5 Å².